The molecule has 0 atom stereocenters. The Labute approximate surface area is 82.0 Å². The summed E-state index contributed by atoms with van der Waals surface area (Å²) in [6, 6.07) is 0.156. The van der Waals surface area contributed by atoms with Crippen LogP contribution in [0.1, 0.15) is 19.3 Å². The first kappa shape index (κ1) is 10.2. The minimum atomic E-state index is 0.156. The van der Waals surface area contributed by atoms with Crippen LogP contribution in [-0.4, -0.2) is 24.5 Å². The maximum absolute atomic E-state index is 8.52. The first-order valence-corrected chi connectivity index (χ1v) is 5.38. The van der Waals surface area contributed by atoms with Crippen LogP contribution in [0.5, 0.6) is 0 Å². The highest BCUT2D eigenvalue weighted by Crippen LogP contribution is 2.33. The molecule has 0 saturated heterocycles. The first-order valence-electron chi connectivity index (χ1n) is 4.15. The zero-order valence-corrected chi connectivity index (χ0v) is 8.65. The van der Waals surface area contributed by atoms with Gasteiger partial charge in [0.2, 0.25) is 0 Å². The van der Waals surface area contributed by atoms with Crippen LogP contribution < -0.4 is 5.32 Å². The lowest BCUT2D eigenvalue weighted by atomic mass is 10.4. The molecule has 0 aromatic carbocycles. The molecule has 1 aliphatic rings. The number of nitrogens with one attached hydrogen (secondary N) is 1. The molecule has 2 N–H and O–H groups in total. The number of rotatable bonds is 2. The molecule has 0 fully saturated rings. The van der Waals surface area contributed by atoms with E-state index in [-0.39, 0.29) is 6.02 Å². The number of ether oxygens (including phenoxy) is 1. The second-order valence-corrected chi connectivity index (χ2v) is 3.56. The molecule has 0 aromatic heterocycles. The van der Waals surface area contributed by atoms with E-state index in [1.54, 1.807) is 18.8 Å². The molecule has 0 radical (unpaired) electrons. The van der Waals surface area contributed by atoms with Crippen LogP contribution >= 0.6 is 11.8 Å². The van der Waals surface area contributed by atoms with Crippen LogP contribution in [0.3, 0.4) is 0 Å². The smallest absolute Gasteiger partial charge is 0.328 e. The van der Waals surface area contributed by atoms with Gasteiger partial charge in [-0.15, -0.1) is 11.8 Å². The van der Waals surface area contributed by atoms with Crippen molar-refractivity contribution in [1.82, 2.24) is 5.32 Å². The summed E-state index contributed by atoms with van der Waals surface area (Å²) in [4.78, 5) is 1.25. The lowest BCUT2D eigenvalue weighted by Gasteiger charge is -2.08. The quantitative estimate of drug-likeness (QED) is 0.310. The van der Waals surface area contributed by atoms with Crippen molar-refractivity contribution in [2.24, 2.45) is 5.16 Å². The van der Waals surface area contributed by atoms with Crippen molar-refractivity contribution in [3.63, 3.8) is 0 Å². The predicted molar refractivity (Wildman–Crippen MR) is 53.8 cm³/mol. The van der Waals surface area contributed by atoms with E-state index >= 15 is 0 Å². The molecule has 74 valence electrons. The van der Waals surface area contributed by atoms with Crippen LogP contribution in [-0.2, 0) is 4.74 Å². The Morgan fingerprint density at radius 2 is 2.38 bits per heavy atom. The number of hydrogen-bond donors (Lipinski definition) is 2. The normalized spacial score (nSPS) is 17.8. The number of amidine groups is 1. The molecule has 0 spiro atoms. The van der Waals surface area contributed by atoms with Gasteiger partial charge in [-0.2, -0.15) is 0 Å². The third-order valence-electron chi connectivity index (χ3n) is 1.89. The van der Waals surface area contributed by atoms with E-state index in [0.717, 1.165) is 25.0 Å². The maximum atomic E-state index is 8.52. The molecule has 0 saturated carbocycles. The topological polar surface area (TPSA) is 53.9 Å². The summed E-state index contributed by atoms with van der Waals surface area (Å²) in [5.74, 6) is 0.926. The SMILES string of the molecule is CNC(=NO)OC1=C(SC)CCC1. The number of allylic oxidation sites excluding steroid dienone is 2. The molecule has 0 aromatic rings. The highest BCUT2D eigenvalue weighted by atomic mass is 32.2. The van der Waals surface area contributed by atoms with E-state index in [0.29, 0.717) is 0 Å². The van der Waals surface area contributed by atoms with Crippen LogP contribution in [0.4, 0.5) is 0 Å². The summed E-state index contributed by atoms with van der Waals surface area (Å²) in [7, 11) is 1.66. The van der Waals surface area contributed by atoms with E-state index in [1.807, 2.05) is 6.26 Å². The van der Waals surface area contributed by atoms with E-state index < -0.39 is 0 Å². The summed E-state index contributed by atoms with van der Waals surface area (Å²) in [5, 5.41) is 14.2. The van der Waals surface area contributed by atoms with Gasteiger partial charge in [-0.1, -0.05) is 0 Å². The molecule has 1 aliphatic carbocycles. The van der Waals surface area contributed by atoms with Crippen molar-refractivity contribution < 1.29 is 9.94 Å². The van der Waals surface area contributed by atoms with Gasteiger partial charge in [0.05, 0.1) is 0 Å². The van der Waals surface area contributed by atoms with Crippen molar-refractivity contribution in [2.75, 3.05) is 13.3 Å². The van der Waals surface area contributed by atoms with Gasteiger partial charge < -0.3 is 15.3 Å². The largest absolute Gasteiger partial charge is 0.428 e. The van der Waals surface area contributed by atoms with Gasteiger partial charge in [0.1, 0.15) is 5.76 Å². The Hall–Kier alpha value is -0.840. The Bertz CT molecular complexity index is 238. The van der Waals surface area contributed by atoms with E-state index in [1.165, 1.54) is 4.91 Å². The first-order chi connectivity index (χ1) is 6.31. The number of hydrogen-bond acceptors (Lipinski definition) is 4. The van der Waals surface area contributed by atoms with E-state index in [9.17, 15) is 0 Å². The zero-order valence-electron chi connectivity index (χ0n) is 7.83. The molecule has 0 bridgehead atoms. The predicted octanol–water partition coefficient (Wildman–Crippen LogP) is 1.73. The lowest BCUT2D eigenvalue weighted by molar-refractivity contribution is 0.279. The summed E-state index contributed by atoms with van der Waals surface area (Å²) >= 11 is 1.69. The summed E-state index contributed by atoms with van der Waals surface area (Å²) in [6.07, 6.45) is 5.14. The van der Waals surface area contributed by atoms with Crippen molar-refractivity contribution >= 4 is 17.8 Å². The fourth-order valence-electron chi connectivity index (χ4n) is 1.25. The van der Waals surface area contributed by atoms with Crippen LogP contribution in [0.2, 0.25) is 0 Å². The van der Waals surface area contributed by atoms with Gasteiger partial charge in [-0.3, -0.25) is 0 Å². The van der Waals surface area contributed by atoms with Crippen molar-refractivity contribution in [3.8, 4) is 0 Å². The molecule has 0 unspecified atom stereocenters. The van der Waals surface area contributed by atoms with Gasteiger partial charge in [0, 0.05) is 18.4 Å². The fraction of sp³-hybridized carbons (Fsp3) is 0.625. The Morgan fingerprint density at radius 3 is 2.92 bits per heavy atom. The second-order valence-electron chi connectivity index (χ2n) is 2.66. The van der Waals surface area contributed by atoms with Crippen molar-refractivity contribution in [3.05, 3.63) is 10.7 Å². The van der Waals surface area contributed by atoms with Crippen molar-refractivity contribution in [1.29, 1.82) is 0 Å². The van der Waals surface area contributed by atoms with Gasteiger partial charge in [0.25, 0.3) is 0 Å². The number of oxime groups is 1. The Kier molecular flexibility index (Phi) is 3.95. The van der Waals surface area contributed by atoms with Gasteiger partial charge in [0.15, 0.2) is 0 Å². The average molecular weight is 202 g/mol. The molecule has 1 rings (SSSR count). The molecule has 0 aliphatic heterocycles. The van der Waals surface area contributed by atoms with Crippen LogP contribution in [0.25, 0.3) is 0 Å². The molecule has 5 heteroatoms. The molecule has 0 amide bonds. The Morgan fingerprint density at radius 1 is 1.62 bits per heavy atom. The molecular formula is C8H14N2O2S. The van der Waals surface area contributed by atoms with Crippen molar-refractivity contribution in [2.45, 2.75) is 19.3 Å². The molecular weight excluding hydrogens is 188 g/mol. The van der Waals surface area contributed by atoms with Crippen LogP contribution in [0, 0.1) is 0 Å². The molecule has 13 heavy (non-hydrogen) atoms. The minimum absolute atomic E-state index is 0.156. The highest BCUT2D eigenvalue weighted by molar-refractivity contribution is 8.02. The number of thioether (sulfide) groups is 1. The zero-order chi connectivity index (χ0) is 9.68. The van der Waals surface area contributed by atoms with E-state index in [2.05, 4.69) is 10.5 Å². The van der Waals surface area contributed by atoms with E-state index in [4.69, 9.17) is 9.94 Å². The van der Waals surface area contributed by atoms with Gasteiger partial charge >= 0.3 is 6.02 Å². The fourth-order valence-corrected chi connectivity index (χ4v) is 1.97. The third-order valence-corrected chi connectivity index (χ3v) is 2.81. The monoisotopic (exact) mass is 202 g/mol. The highest BCUT2D eigenvalue weighted by Gasteiger charge is 2.16. The average Bonchev–Trinajstić information content (AvgIpc) is 2.61. The Balaban J connectivity index is 2.61. The second kappa shape index (κ2) is 5.01. The number of nitrogens with zero attached hydrogens (tertiary/aromatic N) is 1. The lowest BCUT2D eigenvalue weighted by Crippen LogP contribution is -2.21. The molecule has 4 nitrogen and oxygen atoms in total. The summed E-state index contributed by atoms with van der Waals surface area (Å²) < 4.78 is 5.36. The van der Waals surface area contributed by atoms with Gasteiger partial charge in [-0.25, -0.2) is 0 Å². The maximum Gasteiger partial charge on any atom is 0.328 e. The summed E-state index contributed by atoms with van der Waals surface area (Å²) in [5.41, 5.74) is 0. The molecule has 0 heterocycles. The standard InChI is InChI=1S/C8H14N2O2S/c1-9-8(10-11)12-6-4-3-5-7(6)13-2/h11H,3-5H2,1-2H3,(H,9,10). The minimum Gasteiger partial charge on any atom is -0.428 e. The third kappa shape index (κ3) is 2.55. The van der Waals surface area contributed by atoms with Gasteiger partial charge in [-0.05, 0) is 24.3 Å². The van der Waals surface area contributed by atoms with Crippen LogP contribution in [0.15, 0.2) is 15.8 Å². The summed E-state index contributed by atoms with van der Waals surface area (Å²) in [6.45, 7) is 0.